The van der Waals surface area contributed by atoms with E-state index >= 15 is 0 Å². The number of carbonyl (C=O) groups is 1. The largest absolute Gasteiger partial charge is 0.337 e. The predicted molar refractivity (Wildman–Crippen MR) is 141 cm³/mol. The number of pyridine rings is 1. The minimum absolute atomic E-state index is 0.0324. The lowest BCUT2D eigenvalue weighted by Crippen LogP contribution is -2.34. The van der Waals surface area contributed by atoms with Crippen LogP contribution in [0, 0.1) is 12.7 Å². The number of nitrogens with zero attached hydrogens (tertiary/aromatic N) is 7. The van der Waals surface area contributed by atoms with E-state index < -0.39 is 5.82 Å². The van der Waals surface area contributed by atoms with E-state index in [1.54, 1.807) is 18.3 Å². The number of aromatic nitrogens is 5. The van der Waals surface area contributed by atoms with Crippen LogP contribution >= 0.6 is 0 Å². The van der Waals surface area contributed by atoms with Gasteiger partial charge in [0.05, 0.1) is 22.8 Å². The molecule has 1 aliphatic rings. The number of likely N-dealkylation sites (tertiary alicyclic amines) is 1. The van der Waals surface area contributed by atoms with Gasteiger partial charge < -0.3 is 19.7 Å². The van der Waals surface area contributed by atoms with Crippen molar-refractivity contribution in [1.29, 1.82) is 0 Å². The maximum absolute atomic E-state index is 14.8. The molecule has 0 bridgehead atoms. The third-order valence-corrected chi connectivity index (χ3v) is 6.83. The van der Waals surface area contributed by atoms with Gasteiger partial charge in [-0.1, -0.05) is 6.07 Å². The molecule has 9 nitrogen and oxygen atoms in total. The van der Waals surface area contributed by atoms with Gasteiger partial charge in [0.1, 0.15) is 17.3 Å². The first-order valence-electron chi connectivity index (χ1n) is 12.4. The van der Waals surface area contributed by atoms with Crippen LogP contribution in [0.4, 0.5) is 16.2 Å². The average Bonchev–Trinajstić information content (AvgIpc) is 3.49. The van der Waals surface area contributed by atoms with Crippen LogP contribution in [0.25, 0.3) is 22.3 Å². The standard InChI is InChI=1S/C27H31FN8O/c1-16(2)36-17(3)31-22-8-6-18(12-23(22)36)25-21(28)14-30-27(33-25)32-24-9-7-19(13-29-24)26(37)35-11-10-20(15-35)34(4)5/h6-9,12-14,16,20H,10-11,15H2,1-5H3,(H,29,30,32,33)/t20-/m1/s1. The molecule has 10 heteroatoms. The molecule has 0 spiro atoms. The Labute approximate surface area is 215 Å². The van der Waals surface area contributed by atoms with Crippen molar-refractivity contribution < 1.29 is 9.18 Å². The summed E-state index contributed by atoms with van der Waals surface area (Å²) in [7, 11) is 4.06. The predicted octanol–water partition coefficient (Wildman–Crippen LogP) is 4.44. The summed E-state index contributed by atoms with van der Waals surface area (Å²) < 4.78 is 16.9. The molecule has 0 unspecified atom stereocenters. The highest BCUT2D eigenvalue weighted by atomic mass is 19.1. The zero-order valence-electron chi connectivity index (χ0n) is 21.7. The van der Waals surface area contributed by atoms with Crippen LogP contribution < -0.4 is 5.32 Å². The van der Waals surface area contributed by atoms with Crippen LogP contribution in [0.3, 0.4) is 0 Å². The van der Waals surface area contributed by atoms with Gasteiger partial charge in [0.2, 0.25) is 5.95 Å². The minimum Gasteiger partial charge on any atom is -0.337 e. The zero-order chi connectivity index (χ0) is 26.3. The van der Waals surface area contributed by atoms with Gasteiger partial charge in [-0.3, -0.25) is 4.79 Å². The summed E-state index contributed by atoms with van der Waals surface area (Å²) in [5, 5.41) is 3.02. The van der Waals surface area contributed by atoms with Gasteiger partial charge in [-0.05, 0) is 65.6 Å². The Hall–Kier alpha value is -3.92. The Bertz CT molecular complexity index is 1450. The lowest BCUT2D eigenvalue weighted by Gasteiger charge is -2.20. The van der Waals surface area contributed by atoms with E-state index in [-0.39, 0.29) is 23.6 Å². The molecule has 1 atom stereocenters. The summed E-state index contributed by atoms with van der Waals surface area (Å²) in [6, 6.07) is 9.62. The second-order valence-corrected chi connectivity index (χ2v) is 9.93. The van der Waals surface area contributed by atoms with Crippen LogP contribution in [0.1, 0.15) is 42.5 Å². The van der Waals surface area contributed by atoms with Crippen molar-refractivity contribution in [3.63, 3.8) is 0 Å². The smallest absolute Gasteiger partial charge is 0.255 e. The number of aryl methyl sites for hydroxylation is 1. The van der Waals surface area contributed by atoms with Crippen LogP contribution in [0.2, 0.25) is 0 Å². The number of nitrogens with one attached hydrogen (secondary N) is 1. The van der Waals surface area contributed by atoms with Gasteiger partial charge >= 0.3 is 0 Å². The Morgan fingerprint density at radius 2 is 1.95 bits per heavy atom. The number of rotatable bonds is 6. The van der Waals surface area contributed by atoms with E-state index in [0.29, 0.717) is 29.5 Å². The second kappa shape index (κ2) is 9.85. The molecular formula is C27H31FN8O. The van der Waals surface area contributed by atoms with Crippen molar-refractivity contribution in [2.45, 2.75) is 39.3 Å². The molecule has 5 rings (SSSR count). The molecule has 3 aromatic heterocycles. The molecule has 4 heterocycles. The van der Waals surface area contributed by atoms with Crippen LogP contribution in [-0.2, 0) is 0 Å². The molecular weight excluding hydrogens is 471 g/mol. The maximum Gasteiger partial charge on any atom is 0.255 e. The van der Waals surface area contributed by atoms with Crippen LogP contribution in [0.5, 0.6) is 0 Å². The summed E-state index contributed by atoms with van der Waals surface area (Å²) in [4.78, 5) is 34.3. The molecule has 1 N–H and O–H groups in total. The number of hydrogen-bond donors (Lipinski definition) is 1. The van der Waals surface area contributed by atoms with Gasteiger partial charge in [0.15, 0.2) is 5.82 Å². The molecule has 1 amide bonds. The number of carbonyl (C=O) groups excluding carboxylic acids is 1. The van der Waals surface area contributed by atoms with E-state index in [1.165, 1.54) is 0 Å². The highest BCUT2D eigenvalue weighted by molar-refractivity contribution is 5.94. The fourth-order valence-corrected chi connectivity index (χ4v) is 4.88. The SMILES string of the molecule is Cc1nc2ccc(-c3nc(Nc4ccc(C(=O)N5CC[C@@H](N(C)C)C5)cn4)ncc3F)cc2n1C(C)C. The normalized spacial score (nSPS) is 15.8. The van der Waals surface area contributed by atoms with Crippen molar-refractivity contribution in [3.05, 3.63) is 59.9 Å². The molecule has 4 aromatic rings. The molecule has 0 saturated carbocycles. The molecule has 1 aliphatic heterocycles. The van der Waals surface area contributed by atoms with Crippen LogP contribution in [-0.4, -0.2) is 73.4 Å². The molecule has 37 heavy (non-hydrogen) atoms. The van der Waals surface area contributed by atoms with Gasteiger partial charge in [-0.15, -0.1) is 0 Å². The summed E-state index contributed by atoms with van der Waals surface area (Å²) in [5.41, 5.74) is 3.12. The zero-order valence-corrected chi connectivity index (χ0v) is 21.7. The number of halogens is 1. The fraction of sp³-hybridized carbons (Fsp3) is 0.370. The Morgan fingerprint density at radius 3 is 2.62 bits per heavy atom. The van der Waals surface area contributed by atoms with Crippen molar-refractivity contribution in [2.24, 2.45) is 0 Å². The first-order valence-corrected chi connectivity index (χ1v) is 12.4. The van der Waals surface area contributed by atoms with E-state index in [1.807, 2.05) is 44.1 Å². The third kappa shape index (κ3) is 4.89. The van der Waals surface area contributed by atoms with E-state index in [9.17, 15) is 9.18 Å². The van der Waals surface area contributed by atoms with Gasteiger partial charge in [-0.2, -0.15) is 0 Å². The van der Waals surface area contributed by atoms with Crippen molar-refractivity contribution >= 4 is 28.7 Å². The van der Waals surface area contributed by atoms with Crippen LogP contribution in [0.15, 0.2) is 42.7 Å². The number of fused-ring (bicyclic) bond motifs is 1. The average molecular weight is 503 g/mol. The summed E-state index contributed by atoms with van der Waals surface area (Å²) in [6.07, 6.45) is 3.65. The Balaban J connectivity index is 1.35. The number of amides is 1. The highest BCUT2D eigenvalue weighted by Gasteiger charge is 2.28. The number of hydrogen-bond acceptors (Lipinski definition) is 7. The van der Waals surface area contributed by atoms with E-state index in [4.69, 9.17) is 0 Å². The van der Waals surface area contributed by atoms with Crippen molar-refractivity contribution in [3.8, 4) is 11.3 Å². The first-order chi connectivity index (χ1) is 17.7. The monoisotopic (exact) mass is 502 g/mol. The molecule has 0 radical (unpaired) electrons. The van der Waals surface area contributed by atoms with Gasteiger partial charge in [0, 0.05) is 36.9 Å². The van der Waals surface area contributed by atoms with E-state index in [2.05, 4.69) is 48.6 Å². The Kier molecular flexibility index (Phi) is 6.59. The van der Waals surface area contributed by atoms with Gasteiger partial charge in [0.25, 0.3) is 5.91 Å². The van der Waals surface area contributed by atoms with E-state index in [0.717, 1.165) is 36.0 Å². The number of anilines is 2. The lowest BCUT2D eigenvalue weighted by atomic mass is 10.1. The molecule has 1 saturated heterocycles. The molecule has 192 valence electrons. The Morgan fingerprint density at radius 1 is 1.14 bits per heavy atom. The molecule has 1 aromatic carbocycles. The molecule has 0 aliphatic carbocycles. The van der Waals surface area contributed by atoms with Crippen molar-refractivity contribution in [1.82, 2.24) is 34.3 Å². The second-order valence-electron chi connectivity index (χ2n) is 9.93. The summed E-state index contributed by atoms with van der Waals surface area (Å²) >= 11 is 0. The topological polar surface area (TPSA) is 92.1 Å². The quantitative estimate of drug-likeness (QED) is 0.417. The number of likely N-dealkylation sites (N-methyl/N-ethyl adjacent to an activating group) is 1. The lowest BCUT2D eigenvalue weighted by molar-refractivity contribution is 0.0782. The minimum atomic E-state index is -0.521. The van der Waals surface area contributed by atoms with Gasteiger partial charge in [-0.25, -0.2) is 24.3 Å². The number of imidazole rings is 1. The third-order valence-electron chi connectivity index (χ3n) is 6.83. The summed E-state index contributed by atoms with van der Waals surface area (Å²) in [6.45, 7) is 7.58. The fourth-order valence-electron chi connectivity index (χ4n) is 4.88. The maximum atomic E-state index is 14.8. The van der Waals surface area contributed by atoms with Crippen molar-refractivity contribution in [2.75, 3.05) is 32.5 Å². The molecule has 1 fully saturated rings. The summed E-state index contributed by atoms with van der Waals surface area (Å²) in [5.74, 6) is 1.03. The number of benzene rings is 1. The first kappa shape index (κ1) is 24.8. The highest BCUT2D eigenvalue weighted by Crippen LogP contribution is 2.28.